The van der Waals surface area contributed by atoms with Crippen molar-refractivity contribution < 1.29 is 9.59 Å². The van der Waals surface area contributed by atoms with Crippen molar-refractivity contribution in [3.8, 4) is 0 Å². The summed E-state index contributed by atoms with van der Waals surface area (Å²) in [5.41, 5.74) is 0.633. The van der Waals surface area contributed by atoms with E-state index in [2.05, 4.69) is 17.6 Å². The Hall–Kier alpha value is -1.84. The van der Waals surface area contributed by atoms with Crippen LogP contribution >= 0.6 is 0 Å². The molecular formula is C17H26N2O2. The first-order valence-electron chi connectivity index (χ1n) is 7.55. The van der Waals surface area contributed by atoms with Crippen molar-refractivity contribution >= 4 is 17.5 Å². The molecule has 1 aromatic carbocycles. The van der Waals surface area contributed by atoms with Crippen LogP contribution in [0.3, 0.4) is 0 Å². The van der Waals surface area contributed by atoms with Crippen molar-refractivity contribution in [2.24, 2.45) is 5.41 Å². The van der Waals surface area contributed by atoms with Gasteiger partial charge in [0.05, 0.1) is 0 Å². The molecule has 4 heteroatoms. The van der Waals surface area contributed by atoms with E-state index in [-0.39, 0.29) is 11.8 Å². The van der Waals surface area contributed by atoms with Gasteiger partial charge in [0, 0.05) is 12.2 Å². The van der Waals surface area contributed by atoms with E-state index < -0.39 is 5.41 Å². The van der Waals surface area contributed by atoms with E-state index in [1.54, 1.807) is 13.8 Å². The highest BCUT2D eigenvalue weighted by Gasteiger charge is 2.35. The summed E-state index contributed by atoms with van der Waals surface area (Å²) in [5.74, 6) is -0.519. The predicted molar refractivity (Wildman–Crippen MR) is 86.1 cm³/mol. The number of nitrogens with one attached hydrogen (secondary N) is 2. The first kappa shape index (κ1) is 17.2. The molecule has 0 saturated heterocycles. The maximum Gasteiger partial charge on any atom is 0.239 e. The topological polar surface area (TPSA) is 58.2 Å². The lowest BCUT2D eigenvalue weighted by atomic mass is 9.90. The van der Waals surface area contributed by atoms with Crippen molar-refractivity contribution in [3.05, 3.63) is 29.8 Å². The van der Waals surface area contributed by atoms with Gasteiger partial charge in [0.25, 0.3) is 0 Å². The average Bonchev–Trinajstić information content (AvgIpc) is 2.45. The summed E-state index contributed by atoms with van der Waals surface area (Å²) in [4.78, 5) is 24.5. The Morgan fingerprint density at radius 2 is 1.76 bits per heavy atom. The maximum atomic E-state index is 12.3. The maximum absolute atomic E-state index is 12.3. The Labute approximate surface area is 127 Å². The molecule has 2 amide bonds. The van der Waals surface area contributed by atoms with Crippen molar-refractivity contribution in [1.29, 1.82) is 0 Å². The Balaban J connectivity index is 2.62. The van der Waals surface area contributed by atoms with Gasteiger partial charge in [-0.1, -0.05) is 38.0 Å². The number of carbonyl (C=O) groups is 2. The summed E-state index contributed by atoms with van der Waals surface area (Å²) in [5, 5.41) is 5.67. The van der Waals surface area contributed by atoms with E-state index in [0.29, 0.717) is 6.54 Å². The third-order valence-electron chi connectivity index (χ3n) is 3.59. The van der Waals surface area contributed by atoms with E-state index in [0.717, 1.165) is 30.5 Å². The molecular weight excluding hydrogens is 264 g/mol. The zero-order valence-electron chi connectivity index (χ0n) is 13.5. The Morgan fingerprint density at radius 3 is 2.38 bits per heavy atom. The van der Waals surface area contributed by atoms with Gasteiger partial charge in [-0.15, -0.1) is 0 Å². The van der Waals surface area contributed by atoms with Crippen LogP contribution in [0.25, 0.3) is 0 Å². The second-order valence-electron chi connectivity index (χ2n) is 5.86. The largest absolute Gasteiger partial charge is 0.355 e. The van der Waals surface area contributed by atoms with E-state index in [4.69, 9.17) is 0 Å². The summed E-state index contributed by atoms with van der Waals surface area (Å²) in [7, 11) is 0. The van der Waals surface area contributed by atoms with Gasteiger partial charge in [-0.3, -0.25) is 9.59 Å². The second-order valence-corrected chi connectivity index (χ2v) is 5.86. The lowest BCUT2D eigenvalue weighted by molar-refractivity contribution is -0.138. The number of hydrogen-bond donors (Lipinski definition) is 2. The van der Waals surface area contributed by atoms with Crippen LogP contribution in [-0.4, -0.2) is 18.4 Å². The van der Waals surface area contributed by atoms with Crippen LogP contribution < -0.4 is 10.6 Å². The molecule has 0 aromatic heterocycles. The molecule has 0 fully saturated rings. The summed E-state index contributed by atoms with van der Waals surface area (Å²) in [6, 6.07) is 7.53. The Bertz CT molecular complexity index is 495. The summed E-state index contributed by atoms with van der Waals surface area (Å²) >= 11 is 0. The monoisotopic (exact) mass is 290 g/mol. The smallest absolute Gasteiger partial charge is 0.239 e. The summed E-state index contributed by atoms with van der Waals surface area (Å²) < 4.78 is 0. The second kappa shape index (κ2) is 7.81. The zero-order valence-corrected chi connectivity index (χ0v) is 13.5. The molecule has 0 unspecified atom stereocenters. The number of benzene rings is 1. The van der Waals surface area contributed by atoms with Crippen LogP contribution in [0, 0.1) is 12.3 Å². The lowest BCUT2D eigenvalue weighted by Gasteiger charge is -2.23. The third kappa shape index (κ3) is 4.88. The highest BCUT2D eigenvalue weighted by atomic mass is 16.2. The molecule has 4 nitrogen and oxygen atoms in total. The third-order valence-corrected chi connectivity index (χ3v) is 3.59. The van der Waals surface area contributed by atoms with Crippen LogP contribution in [0.15, 0.2) is 24.3 Å². The van der Waals surface area contributed by atoms with Gasteiger partial charge < -0.3 is 10.6 Å². The van der Waals surface area contributed by atoms with Crippen molar-refractivity contribution in [2.75, 3.05) is 11.9 Å². The van der Waals surface area contributed by atoms with Crippen LogP contribution in [0.5, 0.6) is 0 Å². The van der Waals surface area contributed by atoms with Crippen LogP contribution in [0.2, 0.25) is 0 Å². The van der Waals surface area contributed by atoms with Gasteiger partial charge in [-0.05, 0) is 38.8 Å². The molecule has 2 N–H and O–H groups in total. The average molecular weight is 290 g/mol. The highest BCUT2D eigenvalue weighted by molar-refractivity contribution is 6.10. The highest BCUT2D eigenvalue weighted by Crippen LogP contribution is 2.21. The molecule has 0 heterocycles. The van der Waals surface area contributed by atoms with Crippen molar-refractivity contribution in [1.82, 2.24) is 5.32 Å². The first-order valence-corrected chi connectivity index (χ1v) is 7.55. The molecule has 1 rings (SSSR count). The van der Waals surface area contributed by atoms with Gasteiger partial charge in [0.2, 0.25) is 11.8 Å². The lowest BCUT2D eigenvalue weighted by Crippen LogP contribution is -2.45. The summed E-state index contributed by atoms with van der Waals surface area (Å²) in [6.07, 6.45) is 3.13. The van der Waals surface area contributed by atoms with Gasteiger partial charge in [0.1, 0.15) is 5.41 Å². The minimum atomic E-state index is -1.09. The Kier molecular flexibility index (Phi) is 6.40. The summed E-state index contributed by atoms with van der Waals surface area (Å²) in [6.45, 7) is 7.95. The molecule has 0 aliphatic heterocycles. The normalized spacial score (nSPS) is 11.0. The van der Waals surface area contributed by atoms with Gasteiger partial charge >= 0.3 is 0 Å². The SMILES string of the molecule is CCCCCNC(=O)C(C)(C)C(=O)Nc1ccccc1C. The number of hydrogen-bond acceptors (Lipinski definition) is 2. The van der Waals surface area contributed by atoms with Gasteiger partial charge in [0.15, 0.2) is 0 Å². The molecule has 0 aliphatic rings. The standard InChI is InChI=1S/C17H26N2O2/c1-5-6-9-12-18-15(20)17(3,4)16(21)19-14-11-8-7-10-13(14)2/h7-8,10-11H,5-6,9,12H2,1-4H3,(H,18,20)(H,19,21). The predicted octanol–water partition coefficient (Wildman–Crippen LogP) is 3.27. The van der Waals surface area contributed by atoms with Crippen LogP contribution in [-0.2, 0) is 9.59 Å². The molecule has 0 radical (unpaired) electrons. The molecule has 0 spiro atoms. The van der Waals surface area contributed by atoms with Gasteiger partial charge in [-0.25, -0.2) is 0 Å². The zero-order chi connectivity index (χ0) is 15.9. The molecule has 116 valence electrons. The number of unbranched alkanes of at least 4 members (excludes halogenated alkanes) is 2. The van der Waals surface area contributed by atoms with Crippen LogP contribution in [0.1, 0.15) is 45.6 Å². The first-order chi connectivity index (χ1) is 9.89. The van der Waals surface area contributed by atoms with E-state index in [9.17, 15) is 9.59 Å². The Morgan fingerprint density at radius 1 is 1.10 bits per heavy atom. The fourth-order valence-electron chi connectivity index (χ4n) is 1.89. The minimum Gasteiger partial charge on any atom is -0.355 e. The van der Waals surface area contributed by atoms with Crippen molar-refractivity contribution in [2.45, 2.75) is 47.0 Å². The molecule has 0 aliphatic carbocycles. The minimum absolute atomic E-state index is 0.232. The number of rotatable bonds is 7. The number of carbonyl (C=O) groups excluding carboxylic acids is 2. The molecule has 0 saturated carbocycles. The quantitative estimate of drug-likeness (QED) is 0.598. The number of amides is 2. The van der Waals surface area contributed by atoms with E-state index in [1.165, 1.54) is 0 Å². The number of para-hydroxylation sites is 1. The molecule has 21 heavy (non-hydrogen) atoms. The number of aryl methyl sites for hydroxylation is 1. The molecule has 0 atom stereocenters. The van der Waals surface area contributed by atoms with E-state index >= 15 is 0 Å². The number of anilines is 1. The molecule has 0 bridgehead atoms. The van der Waals surface area contributed by atoms with E-state index in [1.807, 2.05) is 31.2 Å². The molecule has 1 aromatic rings. The van der Waals surface area contributed by atoms with Crippen molar-refractivity contribution in [3.63, 3.8) is 0 Å². The van der Waals surface area contributed by atoms with Gasteiger partial charge in [-0.2, -0.15) is 0 Å². The fraction of sp³-hybridized carbons (Fsp3) is 0.529. The van der Waals surface area contributed by atoms with Crippen LogP contribution in [0.4, 0.5) is 5.69 Å². The fourth-order valence-corrected chi connectivity index (χ4v) is 1.89.